The lowest BCUT2D eigenvalue weighted by molar-refractivity contribution is 0.539. The van der Waals surface area contributed by atoms with Crippen molar-refractivity contribution in [1.29, 1.82) is 0 Å². The van der Waals surface area contributed by atoms with Gasteiger partial charge in [0.05, 0.1) is 16.7 Å². The molecule has 2 rings (SSSR count). The van der Waals surface area contributed by atoms with E-state index in [-0.39, 0.29) is 6.04 Å². The zero-order valence-electron chi connectivity index (χ0n) is 10.5. The van der Waals surface area contributed by atoms with E-state index in [1.807, 2.05) is 13.0 Å². The average Bonchev–Trinajstić information content (AvgIpc) is 2.81. The Hall–Kier alpha value is -0.880. The van der Waals surface area contributed by atoms with E-state index in [0.29, 0.717) is 0 Å². The van der Waals surface area contributed by atoms with Crippen LogP contribution in [0.25, 0.3) is 0 Å². The molecule has 1 heterocycles. The number of aryl methyl sites for hydroxylation is 1. The van der Waals surface area contributed by atoms with E-state index >= 15 is 0 Å². The Bertz CT molecular complexity index is 510. The van der Waals surface area contributed by atoms with Crippen molar-refractivity contribution in [3.63, 3.8) is 0 Å². The molecule has 3 N–H and O–H groups in total. The van der Waals surface area contributed by atoms with E-state index < -0.39 is 0 Å². The normalized spacial score (nSPS) is 12.6. The maximum absolute atomic E-state index is 5.70. The van der Waals surface area contributed by atoms with Crippen molar-refractivity contribution in [3.05, 3.63) is 45.9 Å². The smallest absolute Gasteiger partial charge is 0.0897 e. The van der Waals surface area contributed by atoms with Gasteiger partial charge in [0, 0.05) is 16.7 Å². The highest BCUT2D eigenvalue weighted by molar-refractivity contribution is 7.98. The van der Waals surface area contributed by atoms with Crippen molar-refractivity contribution in [2.24, 2.45) is 5.84 Å². The van der Waals surface area contributed by atoms with Crippen LogP contribution in [-0.2, 0) is 6.42 Å². The Morgan fingerprint density at radius 3 is 2.83 bits per heavy atom. The first kappa shape index (κ1) is 13.5. The van der Waals surface area contributed by atoms with Gasteiger partial charge in [0.25, 0.3) is 0 Å². The molecule has 5 heteroatoms. The first-order valence-corrected chi connectivity index (χ1v) is 7.85. The molecule has 1 unspecified atom stereocenters. The zero-order valence-corrected chi connectivity index (χ0v) is 12.1. The number of hydrazine groups is 1. The molecule has 3 nitrogen and oxygen atoms in total. The minimum absolute atomic E-state index is 0.107. The van der Waals surface area contributed by atoms with Crippen LogP contribution in [0.3, 0.4) is 0 Å². The molecule has 2 aromatic rings. The van der Waals surface area contributed by atoms with Crippen molar-refractivity contribution in [2.45, 2.75) is 24.3 Å². The highest BCUT2D eigenvalue weighted by Crippen LogP contribution is 2.27. The second kappa shape index (κ2) is 6.33. The van der Waals surface area contributed by atoms with Crippen LogP contribution in [0.4, 0.5) is 0 Å². The second-order valence-corrected chi connectivity index (χ2v) is 5.93. The molecule has 0 saturated heterocycles. The molecule has 0 fully saturated rings. The van der Waals surface area contributed by atoms with Gasteiger partial charge >= 0.3 is 0 Å². The third kappa shape index (κ3) is 3.11. The monoisotopic (exact) mass is 279 g/mol. The minimum atomic E-state index is 0.107. The summed E-state index contributed by atoms with van der Waals surface area (Å²) in [6.45, 7) is 2.02. The van der Waals surface area contributed by atoms with Crippen molar-refractivity contribution < 1.29 is 0 Å². The standard InChI is InChI=1S/C13H17N3S2/c1-9-15-10(8-18-9)7-12(16-14)11-5-3-4-6-13(11)17-2/h3-6,8,12,16H,7,14H2,1-2H3. The molecule has 0 aliphatic carbocycles. The highest BCUT2D eigenvalue weighted by atomic mass is 32.2. The molecule has 0 aliphatic rings. The third-order valence-electron chi connectivity index (χ3n) is 2.80. The lowest BCUT2D eigenvalue weighted by Crippen LogP contribution is -2.30. The summed E-state index contributed by atoms with van der Waals surface area (Å²) in [5.41, 5.74) is 5.23. The summed E-state index contributed by atoms with van der Waals surface area (Å²) < 4.78 is 0. The van der Waals surface area contributed by atoms with E-state index in [9.17, 15) is 0 Å². The summed E-state index contributed by atoms with van der Waals surface area (Å²) in [6.07, 6.45) is 2.90. The Balaban J connectivity index is 2.22. The van der Waals surface area contributed by atoms with Gasteiger partial charge in [-0.1, -0.05) is 18.2 Å². The van der Waals surface area contributed by atoms with Crippen LogP contribution < -0.4 is 11.3 Å². The van der Waals surface area contributed by atoms with Crippen LogP contribution in [-0.4, -0.2) is 11.2 Å². The Labute approximate surface area is 116 Å². The number of thioether (sulfide) groups is 1. The van der Waals surface area contributed by atoms with Crippen LogP contribution in [0.5, 0.6) is 0 Å². The number of nitrogens with two attached hydrogens (primary N) is 1. The van der Waals surface area contributed by atoms with Crippen LogP contribution in [0.1, 0.15) is 22.3 Å². The van der Waals surface area contributed by atoms with Crippen LogP contribution in [0.2, 0.25) is 0 Å². The van der Waals surface area contributed by atoms with Crippen molar-refractivity contribution >= 4 is 23.1 Å². The summed E-state index contributed by atoms with van der Waals surface area (Å²) in [6, 6.07) is 8.45. The summed E-state index contributed by atoms with van der Waals surface area (Å²) in [5.74, 6) is 5.70. The topological polar surface area (TPSA) is 50.9 Å². The fraction of sp³-hybridized carbons (Fsp3) is 0.308. The van der Waals surface area contributed by atoms with Gasteiger partial charge < -0.3 is 0 Å². The van der Waals surface area contributed by atoms with Crippen LogP contribution >= 0.6 is 23.1 Å². The molecule has 0 spiro atoms. The maximum Gasteiger partial charge on any atom is 0.0897 e. The van der Waals surface area contributed by atoms with Gasteiger partial charge in [0.2, 0.25) is 0 Å². The van der Waals surface area contributed by atoms with E-state index in [1.165, 1.54) is 10.5 Å². The van der Waals surface area contributed by atoms with Crippen molar-refractivity contribution in [1.82, 2.24) is 10.4 Å². The number of rotatable bonds is 5. The molecular formula is C13H17N3S2. The Morgan fingerprint density at radius 2 is 2.22 bits per heavy atom. The third-order valence-corrected chi connectivity index (χ3v) is 4.43. The molecule has 96 valence electrons. The SMILES string of the molecule is CSc1ccccc1C(Cc1csc(C)n1)NN. The number of benzene rings is 1. The predicted molar refractivity (Wildman–Crippen MR) is 78.8 cm³/mol. The van der Waals surface area contributed by atoms with E-state index in [2.05, 4.69) is 40.2 Å². The molecule has 0 saturated carbocycles. The molecule has 0 bridgehead atoms. The van der Waals surface area contributed by atoms with Crippen molar-refractivity contribution in [3.8, 4) is 0 Å². The fourth-order valence-electron chi connectivity index (χ4n) is 1.92. The largest absolute Gasteiger partial charge is 0.271 e. The summed E-state index contributed by atoms with van der Waals surface area (Å²) in [7, 11) is 0. The van der Waals surface area contributed by atoms with Gasteiger partial charge in [-0.05, 0) is 24.8 Å². The lowest BCUT2D eigenvalue weighted by Gasteiger charge is -2.18. The molecule has 1 aromatic carbocycles. The minimum Gasteiger partial charge on any atom is -0.271 e. The summed E-state index contributed by atoms with van der Waals surface area (Å²) in [4.78, 5) is 5.75. The number of hydrogen-bond acceptors (Lipinski definition) is 5. The first-order chi connectivity index (χ1) is 8.74. The van der Waals surface area contributed by atoms with Crippen molar-refractivity contribution in [2.75, 3.05) is 6.26 Å². The Morgan fingerprint density at radius 1 is 1.44 bits per heavy atom. The number of nitrogens with zero attached hydrogens (tertiary/aromatic N) is 1. The molecule has 0 amide bonds. The molecule has 1 aromatic heterocycles. The van der Waals surface area contributed by atoms with Gasteiger partial charge in [-0.2, -0.15) is 0 Å². The Kier molecular flexibility index (Phi) is 4.77. The highest BCUT2D eigenvalue weighted by Gasteiger charge is 2.15. The van der Waals surface area contributed by atoms with Gasteiger partial charge in [0.1, 0.15) is 0 Å². The summed E-state index contributed by atoms with van der Waals surface area (Å²) in [5, 5.41) is 3.19. The lowest BCUT2D eigenvalue weighted by atomic mass is 10.0. The first-order valence-electron chi connectivity index (χ1n) is 5.74. The molecule has 0 radical (unpaired) electrons. The van der Waals surface area contributed by atoms with Gasteiger partial charge in [-0.15, -0.1) is 23.1 Å². The molecule has 18 heavy (non-hydrogen) atoms. The quantitative estimate of drug-likeness (QED) is 0.502. The fourth-order valence-corrected chi connectivity index (χ4v) is 3.21. The number of thiazole rings is 1. The number of nitrogens with one attached hydrogen (secondary N) is 1. The molecule has 0 aliphatic heterocycles. The van der Waals surface area contributed by atoms with E-state index in [4.69, 9.17) is 5.84 Å². The maximum atomic E-state index is 5.70. The van der Waals surface area contributed by atoms with Gasteiger partial charge in [-0.25, -0.2) is 4.98 Å². The van der Waals surface area contributed by atoms with E-state index in [0.717, 1.165) is 17.1 Å². The molecular weight excluding hydrogens is 262 g/mol. The van der Waals surface area contributed by atoms with Gasteiger partial charge in [0.15, 0.2) is 0 Å². The predicted octanol–water partition coefficient (Wildman–Crippen LogP) is 2.92. The second-order valence-electron chi connectivity index (χ2n) is 4.02. The van der Waals surface area contributed by atoms with Gasteiger partial charge in [-0.3, -0.25) is 11.3 Å². The zero-order chi connectivity index (χ0) is 13.0. The van der Waals surface area contributed by atoms with E-state index in [1.54, 1.807) is 23.1 Å². The summed E-state index contributed by atoms with van der Waals surface area (Å²) >= 11 is 3.42. The van der Waals surface area contributed by atoms with Crippen LogP contribution in [0, 0.1) is 6.92 Å². The van der Waals surface area contributed by atoms with Crippen LogP contribution in [0.15, 0.2) is 34.5 Å². The number of hydrogen-bond donors (Lipinski definition) is 2. The number of aromatic nitrogens is 1. The average molecular weight is 279 g/mol. The molecule has 1 atom stereocenters.